The first-order chi connectivity index (χ1) is 11.3. The number of hydrogen-bond donors (Lipinski definition) is 2. The predicted molar refractivity (Wildman–Crippen MR) is 85.0 cm³/mol. The summed E-state index contributed by atoms with van der Waals surface area (Å²) < 4.78 is 0. The highest BCUT2D eigenvalue weighted by Gasteiger charge is 2.28. The summed E-state index contributed by atoms with van der Waals surface area (Å²) >= 11 is 0. The zero-order valence-electron chi connectivity index (χ0n) is 12.1. The van der Waals surface area contributed by atoms with Crippen molar-refractivity contribution in [2.75, 3.05) is 5.32 Å². The zero-order valence-corrected chi connectivity index (χ0v) is 12.1. The molecule has 0 unspecified atom stereocenters. The fraction of sp³-hybridized carbons (Fsp3) is 0.125. The van der Waals surface area contributed by atoms with Crippen LogP contribution in [0.3, 0.4) is 0 Å². The van der Waals surface area contributed by atoms with E-state index in [0.717, 1.165) is 22.2 Å². The van der Waals surface area contributed by atoms with Crippen LogP contribution in [0.15, 0.2) is 54.1 Å². The van der Waals surface area contributed by atoms with E-state index in [-0.39, 0.29) is 5.91 Å². The fourth-order valence-corrected chi connectivity index (χ4v) is 2.48. The number of nitrogens with zero attached hydrogens (tertiary/aromatic N) is 3. The van der Waals surface area contributed by atoms with Crippen LogP contribution >= 0.6 is 0 Å². The molecule has 0 fully saturated rings. The number of carbonyl (C=O) groups excluding carboxylic acids is 1. The molecule has 3 aromatic rings. The summed E-state index contributed by atoms with van der Waals surface area (Å²) in [5, 5.41) is 14.6. The average Bonchev–Trinajstić information content (AvgIpc) is 3.24. The van der Waals surface area contributed by atoms with Crippen molar-refractivity contribution in [2.24, 2.45) is 5.16 Å². The third-order valence-electron chi connectivity index (χ3n) is 3.68. The molecule has 4 rings (SSSR count). The van der Waals surface area contributed by atoms with Gasteiger partial charge in [0.25, 0.3) is 5.91 Å². The quantitative estimate of drug-likeness (QED) is 0.775. The third kappa shape index (κ3) is 2.64. The van der Waals surface area contributed by atoms with Crippen LogP contribution in [0.25, 0.3) is 10.9 Å². The Morgan fingerprint density at radius 3 is 3.00 bits per heavy atom. The number of carbonyl (C=O) groups is 1. The van der Waals surface area contributed by atoms with Crippen molar-refractivity contribution in [3.63, 3.8) is 0 Å². The Bertz CT molecular complexity index is 888. The molecule has 1 aliphatic heterocycles. The largest absolute Gasteiger partial charge is 0.382 e. The molecule has 2 aromatic heterocycles. The van der Waals surface area contributed by atoms with Crippen molar-refractivity contribution >= 4 is 28.2 Å². The molecule has 1 aliphatic rings. The minimum Gasteiger partial charge on any atom is -0.382 e. The SMILES string of the molecule is O=C(Nc1ccc2[nH]ncc2c1)[C@@H]1CC(c2ccncc2)=NO1. The molecule has 0 saturated heterocycles. The summed E-state index contributed by atoms with van der Waals surface area (Å²) in [6.07, 6.45) is 4.89. The average molecular weight is 307 g/mol. The minimum atomic E-state index is -0.627. The van der Waals surface area contributed by atoms with Crippen LogP contribution in [0.2, 0.25) is 0 Å². The molecule has 1 amide bonds. The van der Waals surface area contributed by atoms with Gasteiger partial charge in [0.2, 0.25) is 6.10 Å². The van der Waals surface area contributed by atoms with Gasteiger partial charge < -0.3 is 10.2 Å². The van der Waals surface area contributed by atoms with E-state index in [0.29, 0.717) is 12.1 Å². The first-order valence-electron chi connectivity index (χ1n) is 7.17. The molecule has 0 radical (unpaired) electrons. The normalized spacial score (nSPS) is 16.9. The molecule has 0 aliphatic carbocycles. The highest BCUT2D eigenvalue weighted by atomic mass is 16.6. The summed E-state index contributed by atoms with van der Waals surface area (Å²) in [6, 6.07) is 9.23. The first kappa shape index (κ1) is 13.4. The van der Waals surface area contributed by atoms with E-state index < -0.39 is 6.10 Å². The Hall–Kier alpha value is -3.22. The molecule has 1 aromatic carbocycles. The molecule has 114 valence electrons. The van der Waals surface area contributed by atoms with E-state index in [1.165, 1.54) is 0 Å². The van der Waals surface area contributed by atoms with Gasteiger partial charge in [-0.15, -0.1) is 0 Å². The van der Waals surface area contributed by atoms with Gasteiger partial charge in [0.15, 0.2) is 0 Å². The Morgan fingerprint density at radius 2 is 2.13 bits per heavy atom. The maximum atomic E-state index is 12.3. The molecule has 1 atom stereocenters. The Labute approximate surface area is 131 Å². The molecule has 3 heterocycles. The van der Waals surface area contributed by atoms with Crippen LogP contribution in [0, 0.1) is 0 Å². The van der Waals surface area contributed by atoms with Gasteiger partial charge in [-0.25, -0.2) is 0 Å². The van der Waals surface area contributed by atoms with Crippen molar-refractivity contribution in [1.29, 1.82) is 0 Å². The van der Waals surface area contributed by atoms with Crippen LogP contribution in [0.1, 0.15) is 12.0 Å². The molecule has 0 bridgehead atoms. The molecular weight excluding hydrogens is 294 g/mol. The summed E-state index contributed by atoms with van der Waals surface area (Å²) in [5.41, 5.74) is 3.28. The third-order valence-corrected chi connectivity index (χ3v) is 3.68. The molecule has 7 nitrogen and oxygen atoms in total. The lowest BCUT2D eigenvalue weighted by atomic mass is 10.1. The van der Waals surface area contributed by atoms with Crippen molar-refractivity contribution in [3.05, 3.63) is 54.5 Å². The molecule has 23 heavy (non-hydrogen) atoms. The van der Waals surface area contributed by atoms with Gasteiger partial charge in [0.1, 0.15) is 0 Å². The second-order valence-corrected chi connectivity index (χ2v) is 5.23. The van der Waals surface area contributed by atoms with Gasteiger partial charge in [-0.2, -0.15) is 5.10 Å². The van der Waals surface area contributed by atoms with Gasteiger partial charge in [-0.3, -0.25) is 14.9 Å². The zero-order chi connectivity index (χ0) is 15.6. The topological polar surface area (TPSA) is 92.3 Å². The number of nitrogens with one attached hydrogen (secondary N) is 2. The number of aromatic amines is 1. The number of rotatable bonds is 3. The molecule has 0 spiro atoms. The second-order valence-electron chi connectivity index (χ2n) is 5.23. The summed E-state index contributed by atoms with van der Waals surface area (Å²) in [6.45, 7) is 0. The van der Waals surface area contributed by atoms with Crippen molar-refractivity contribution in [2.45, 2.75) is 12.5 Å². The number of fused-ring (bicyclic) bond motifs is 1. The number of oxime groups is 1. The van der Waals surface area contributed by atoms with Crippen molar-refractivity contribution in [1.82, 2.24) is 15.2 Å². The predicted octanol–water partition coefficient (Wildman–Crippen LogP) is 2.09. The molecule has 2 N–H and O–H groups in total. The van der Waals surface area contributed by atoms with E-state index >= 15 is 0 Å². The number of anilines is 1. The van der Waals surface area contributed by atoms with Crippen LogP contribution in [0.4, 0.5) is 5.69 Å². The van der Waals surface area contributed by atoms with Crippen LogP contribution in [-0.2, 0) is 9.63 Å². The van der Waals surface area contributed by atoms with Crippen LogP contribution in [0.5, 0.6) is 0 Å². The van der Waals surface area contributed by atoms with Gasteiger partial charge in [0.05, 0.1) is 17.4 Å². The number of benzene rings is 1. The van der Waals surface area contributed by atoms with E-state index in [1.807, 2.05) is 30.3 Å². The monoisotopic (exact) mass is 307 g/mol. The summed E-state index contributed by atoms with van der Waals surface area (Å²) in [7, 11) is 0. The van der Waals surface area contributed by atoms with E-state index in [9.17, 15) is 4.79 Å². The fourth-order valence-electron chi connectivity index (χ4n) is 2.48. The smallest absolute Gasteiger partial charge is 0.268 e. The van der Waals surface area contributed by atoms with Gasteiger partial charge >= 0.3 is 0 Å². The Kier molecular flexibility index (Phi) is 3.23. The number of amides is 1. The van der Waals surface area contributed by atoms with Crippen LogP contribution < -0.4 is 5.32 Å². The number of hydrogen-bond acceptors (Lipinski definition) is 5. The summed E-state index contributed by atoms with van der Waals surface area (Å²) in [5.74, 6) is -0.222. The summed E-state index contributed by atoms with van der Waals surface area (Å²) in [4.78, 5) is 21.5. The van der Waals surface area contributed by atoms with Crippen LogP contribution in [-0.4, -0.2) is 32.9 Å². The maximum absolute atomic E-state index is 12.3. The Morgan fingerprint density at radius 1 is 1.26 bits per heavy atom. The highest BCUT2D eigenvalue weighted by Crippen LogP contribution is 2.20. The highest BCUT2D eigenvalue weighted by molar-refractivity contribution is 6.06. The molecule has 7 heteroatoms. The number of H-pyrrole nitrogens is 1. The molecule has 0 saturated carbocycles. The Balaban J connectivity index is 1.44. The molecular formula is C16H13N5O2. The van der Waals surface area contributed by atoms with Gasteiger partial charge in [0, 0.05) is 35.5 Å². The lowest BCUT2D eigenvalue weighted by Crippen LogP contribution is -2.28. The van der Waals surface area contributed by atoms with Crippen molar-refractivity contribution < 1.29 is 9.63 Å². The van der Waals surface area contributed by atoms with Crippen molar-refractivity contribution in [3.8, 4) is 0 Å². The number of pyridine rings is 1. The number of aromatic nitrogens is 3. The standard InChI is InChI=1S/C16H13N5O2/c22-16(19-12-1-2-13-11(7-12)9-18-20-13)15-8-14(21-23-15)10-3-5-17-6-4-10/h1-7,9,15H,8H2,(H,18,20)(H,19,22)/t15-/m0/s1. The van der Waals surface area contributed by atoms with E-state index in [1.54, 1.807) is 18.6 Å². The second kappa shape index (κ2) is 5.53. The van der Waals surface area contributed by atoms with E-state index in [2.05, 4.69) is 25.7 Å². The minimum absolute atomic E-state index is 0.222. The van der Waals surface area contributed by atoms with E-state index in [4.69, 9.17) is 4.84 Å². The lowest BCUT2D eigenvalue weighted by molar-refractivity contribution is -0.125. The maximum Gasteiger partial charge on any atom is 0.268 e. The van der Waals surface area contributed by atoms with Gasteiger partial charge in [-0.1, -0.05) is 5.16 Å². The van der Waals surface area contributed by atoms with Gasteiger partial charge in [-0.05, 0) is 30.3 Å². The lowest BCUT2D eigenvalue weighted by Gasteiger charge is -2.09. The first-order valence-corrected chi connectivity index (χ1v) is 7.17.